The lowest BCUT2D eigenvalue weighted by Gasteiger charge is -2.07. The molecule has 0 aliphatic carbocycles. The molecule has 0 atom stereocenters. The van der Waals surface area contributed by atoms with Gasteiger partial charge in [0, 0.05) is 17.3 Å². The molecule has 0 fully saturated rings. The average Bonchev–Trinajstić information content (AvgIpc) is 2.08. The van der Waals surface area contributed by atoms with Crippen LogP contribution >= 0.6 is 11.6 Å². The van der Waals surface area contributed by atoms with Crippen molar-refractivity contribution in [3.8, 4) is 5.75 Å². The number of nitrogen functional groups attached to an aromatic ring is 1. The predicted octanol–water partition coefficient (Wildman–Crippen LogP) is 2.13. The molecule has 0 radical (unpaired) electrons. The van der Waals surface area contributed by atoms with Crippen LogP contribution in [0.3, 0.4) is 0 Å². The highest BCUT2D eigenvalue weighted by atomic mass is 35.5. The Balaban J connectivity index is 3.35. The molecule has 0 amide bonds. The van der Waals surface area contributed by atoms with Crippen LogP contribution in [0.25, 0.3) is 0 Å². The fourth-order valence-corrected chi connectivity index (χ4v) is 1.34. The van der Waals surface area contributed by atoms with E-state index in [9.17, 15) is 4.79 Å². The molecule has 13 heavy (non-hydrogen) atoms. The molecule has 0 aromatic heterocycles. The highest BCUT2D eigenvalue weighted by Crippen LogP contribution is 2.30. The number of anilines is 1. The largest absolute Gasteiger partial charge is 0.495 e. The van der Waals surface area contributed by atoms with Gasteiger partial charge < -0.3 is 10.5 Å². The van der Waals surface area contributed by atoms with Gasteiger partial charge in [0.1, 0.15) is 5.75 Å². The summed E-state index contributed by atoms with van der Waals surface area (Å²) in [5.74, 6) is 0.294. The van der Waals surface area contributed by atoms with Gasteiger partial charge in [0.2, 0.25) is 0 Å². The molecule has 0 unspecified atom stereocenters. The van der Waals surface area contributed by atoms with E-state index in [1.165, 1.54) is 20.1 Å². The van der Waals surface area contributed by atoms with Crippen molar-refractivity contribution in [3.05, 3.63) is 22.7 Å². The van der Waals surface area contributed by atoms with Crippen molar-refractivity contribution < 1.29 is 9.53 Å². The topological polar surface area (TPSA) is 52.3 Å². The molecule has 4 heteroatoms. The van der Waals surface area contributed by atoms with Gasteiger partial charge in [0.25, 0.3) is 0 Å². The van der Waals surface area contributed by atoms with Gasteiger partial charge in [0.05, 0.1) is 12.1 Å². The molecule has 0 saturated carbocycles. The van der Waals surface area contributed by atoms with E-state index in [1.807, 2.05) is 0 Å². The Morgan fingerprint density at radius 3 is 2.62 bits per heavy atom. The summed E-state index contributed by atoms with van der Waals surface area (Å²) in [6.45, 7) is 1.43. The third-order valence-corrected chi connectivity index (χ3v) is 2.05. The van der Waals surface area contributed by atoms with Crippen LogP contribution in [0.1, 0.15) is 17.3 Å². The van der Waals surface area contributed by atoms with Crippen molar-refractivity contribution in [3.63, 3.8) is 0 Å². The molecule has 0 bridgehead atoms. The Morgan fingerprint density at radius 1 is 1.54 bits per heavy atom. The number of methoxy groups -OCH3 is 1. The Morgan fingerprint density at radius 2 is 2.15 bits per heavy atom. The monoisotopic (exact) mass is 199 g/mol. The molecule has 1 rings (SSSR count). The summed E-state index contributed by atoms with van der Waals surface area (Å²) in [6.07, 6.45) is 0. The van der Waals surface area contributed by atoms with Gasteiger partial charge in [-0.15, -0.1) is 0 Å². The SMILES string of the molecule is COc1cc(N)cc(C(C)=O)c1Cl. The second-order valence-corrected chi connectivity index (χ2v) is 3.02. The van der Waals surface area contributed by atoms with Crippen LogP contribution in [-0.4, -0.2) is 12.9 Å². The zero-order valence-electron chi connectivity index (χ0n) is 7.43. The summed E-state index contributed by atoms with van der Waals surface area (Å²) in [5, 5.41) is 0.309. The predicted molar refractivity (Wildman–Crippen MR) is 52.4 cm³/mol. The number of benzene rings is 1. The lowest BCUT2D eigenvalue weighted by Crippen LogP contribution is -1.98. The van der Waals surface area contributed by atoms with E-state index in [2.05, 4.69) is 0 Å². The summed E-state index contributed by atoms with van der Waals surface area (Å²) >= 11 is 5.87. The van der Waals surface area contributed by atoms with Crippen LogP contribution in [0, 0.1) is 0 Å². The fraction of sp³-hybridized carbons (Fsp3) is 0.222. The minimum Gasteiger partial charge on any atom is -0.495 e. The number of nitrogens with two attached hydrogens (primary N) is 1. The van der Waals surface area contributed by atoms with Crippen LogP contribution in [0.4, 0.5) is 5.69 Å². The van der Waals surface area contributed by atoms with E-state index in [-0.39, 0.29) is 5.78 Å². The molecular weight excluding hydrogens is 190 g/mol. The van der Waals surface area contributed by atoms with Crippen molar-refractivity contribution >= 4 is 23.1 Å². The highest BCUT2D eigenvalue weighted by molar-refractivity contribution is 6.35. The van der Waals surface area contributed by atoms with E-state index < -0.39 is 0 Å². The lowest BCUT2D eigenvalue weighted by molar-refractivity contribution is 0.101. The minimum atomic E-state index is -0.129. The molecule has 1 aromatic rings. The van der Waals surface area contributed by atoms with Gasteiger partial charge in [-0.3, -0.25) is 4.79 Å². The number of rotatable bonds is 2. The number of carbonyl (C=O) groups excluding carboxylic acids is 1. The second kappa shape index (κ2) is 3.66. The molecule has 1 aromatic carbocycles. The number of ether oxygens (including phenoxy) is 1. The highest BCUT2D eigenvalue weighted by Gasteiger charge is 2.11. The quantitative estimate of drug-likeness (QED) is 0.587. The Bertz CT molecular complexity index is 350. The number of hydrogen-bond donors (Lipinski definition) is 1. The average molecular weight is 200 g/mol. The van der Waals surface area contributed by atoms with Gasteiger partial charge in [-0.25, -0.2) is 0 Å². The van der Waals surface area contributed by atoms with Crippen molar-refractivity contribution in [1.82, 2.24) is 0 Å². The van der Waals surface area contributed by atoms with Crippen LogP contribution in [0.5, 0.6) is 5.75 Å². The summed E-state index contributed by atoms with van der Waals surface area (Å²) in [4.78, 5) is 11.1. The second-order valence-electron chi connectivity index (χ2n) is 2.64. The lowest BCUT2D eigenvalue weighted by atomic mass is 10.1. The zero-order valence-corrected chi connectivity index (χ0v) is 8.18. The van der Waals surface area contributed by atoms with Gasteiger partial charge in [-0.1, -0.05) is 11.6 Å². The maximum atomic E-state index is 11.1. The molecule has 0 heterocycles. The van der Waals surface area contributed by atoms with Crippen LogP contribution < -0.4 is 10.5 Å². The van der Waals surface area contributed by atoms with E-state index in [0.29, 0.717) is 22.0 Å². The van der Waals surface area contributed by atoms with Gasteiger partial charge in [0.15, 0.2) is 5.78 Å². The van der Waals surface area contributed by atoms with Crippen molar-refractivity contribution in [2.45, 2.75) is 6.92 Å². The number of hydrogen-bond acceptors (Lipinski definition) is 3. The van der Waals surface area contributed by atoms with E-state index in [0.717, 1.165) is 0 Å². The molecule has 3 nitrogen and oxygen atoms in total. The number of halogens is 1. The minimum absolute atomic E-state index is 0.129. The van der Waals surface area contributed by atoms with Crippen molar-refractivity contribution in [1.29, 1.82) is 0 Å². The summed E-state index contributed by atoms with van der Waals surface area (Å²) in [5.41, 5.74) is 6.40. The molecule has 2 N–H and O–H groups in total. The van der Waals surface area contributed by atoms with E-state index in [1.54, 1.807) is 6.07 Å². The van der Waals surface area contributed by atoms with E-state index in [4.69, 9.17) is 22.1 Å². The zero-order chi connectivity index (χ0) is 10.0. The standard InChI is InChI=1S/C9H10ClNO2/c1-5(12)7-3-6(11)4-8(13-2)9(7)10/h3-4H,11H2,1-2H3. The third kappa shape index (κ3) is 1.92. The van der Waals surface area contributed by atoms with Gasteiger partial charge >= 0.3 is 0 Å². The maximum absolute atomic E-state index is 11.1. The molecule has 0 aliphatic heterocycles. The fourth-order valence-electron chi connectivity index (χ4n) is 1.02. The first-order valence-corrected chi connectivity index (χ1v) is 4.08. The normalized spacial score (nSPS) is 9.77. The summed E-state index contributed by atoms with van der Waals surface area (Å²) < 4.78 is 4.95. The number of carbonyl (C=O) groups is 1. The van der Waals surface area contributed by atoms with E-state index >= 15 is 0 Å². The Hall–Kier alpha value is -1.22. The first-order valence-electron chi connectivity index (χ1n) is 3.70. The Labute approximate surface area is 81.4 Å². The molecular formula is C9H10ClNO2. The molecule has 0 aliphatic rings. The van der Waals surface area contributed by atoms with Crippen LogP contribution in [0.2, 0.25) is 5.02 Å². The van der Waals surface area contributed by atoms with Crippen LogP contribution in [0.15, 0.2) is 12.1 Å². The maximum Gasteiger partial charge on any atom is 0.161 e. The molecule has 0 spiro atoms. The Kier molecular flexibility index (Phi) is 2.78. The summed E-state index contributed by atoms with van der Waals surface area (Å²) in [6, 6.07) is 3.11. The molecule has 70 valence electrons. The number of ketones is 1. The smallest absolute Gasteiger partial charge is 0.161 e. The van der Waals surface area contributed by atoms with Gasteiger partial charge in [-0.2, -0.15) is 0 Å². The number of Topliss-reactive ketones (excluding diaryl/α,β-unsaturated/α-hetero) is 1. The first kappa shape index (κ1) is 9.86. The van der Waals surface area contributed by atoms with Gasteiger partial charge in [-0.05, 0) is 13.0 Å². The van der Waals surface area contributed by atoms with Crippen molar-refractivity contribution in [2.75, 3.05) is 12.8 Å². The third-order valence-electron chi connectivity index (χ3n) is 1.66. The van der Waals surface area contributed by atoms with Crippen molar-refractivity contribution in [2.24, 2.45) is 0 Å². The molecule has 0 saturated heterocycles. The first-order chi connectivity index (χ1) is 6.06. The van der Waals surface area contributed by atoms with Crippen LogP contribution in [-0.2, 0) is 0 Å². The summed E-state index contributed by atoms with van der Waals surface area (Å²) in [7, 11) is 1.48.